The van der Waals surface area contributed by atoms with Crippen molar-refractivity contribution in [3.05, 3.63) is 69.3 Å². The Kier molecular flexibility index (Phi) is 5.90. The van der Waals surface area contributed by atoms with E-state index in [0.29, 0.717) is 22.6 Å². The number of nitriles is 1. The van der Waals surface area contributed by atoms with E-state index < -0.39 is 10.8 Å². The van der Waals surface area contributed by atoms with Gasteiger partial charge in [-0.1, -0.05) is 12.1 Å². The second-order valence-corrected chi connectivity index (χ2v) is 5.15. The topological polar surface area (TPSA) is 128 Å². The number of methoxy groups -OCH3 is 1. The van der Waals surface area contributed by atoms with Crippen molar-refractivity contribution in [2.24, 2.45) is 5.73 Å². The summed E-state index contributed by atoms with van der Waals surface area (Å²) in [6, 6.07) is 12.6. The molecule has 0 aliphatic heterocycles. The van der Waals surface area contributed by atoms with Crippen molar-refractivity contribution in [1.82, 2.24) is 0 Å². The van der Waals surface area contributed by atoms with Crippen molar-refractivity contribution in [1.29, 1.82) is 5.26 Å². The Morgan fingerprint density at radius 3 is 2.73 bits per heavy atom. The molecule has 0 atom stereocenters. The highest BCUT2D eigenvalue weighted by Gasteiger charge is 2.10. The summed E-state index contributed by atoms with van der Waals surface area (Å²) in [6.45, 7) is 0.0497. The number of ether oxygens (including phenoxy) is 2. The van der Waals surface area contributed by atoms with E-state index in [-0.39, 0.29) is 17.9 Å². The lowest BCUT2D eigenvalue weighted by Gasteiger charge is -2.11. The first-order valence-corrected chi connectivity index (χ1v) is 7.40. The molecule has 26 heavy (non-hydrogen) atoms. The minimum atomic E-state index is -0.854. The number of non-ortho nitro benzene ring substituents is 1. The van der Waals surface area contributed by atoms with E-state index in [1.54, 1.807) is 36.4 Å². The predicted molar refractivity (Wildman–Crippen MR) is 93.2 cm³/mol. The highest BCUT2D eigenvalue weighted by Crippen LogP contribution is 2.28. The summed E-state index contributed by atoms with van der Waals surface area (Å²) in [6.07, 6.45) is 1.31. The molecule has 0 aliphatic carbocycles. The number of nitro benzene ring substituents is 1. The van der Waals surface area contributed by atoms with E-state index >= 15 is 0 Å². The number of carbonyl (C=O) groups is 1. The van der Waals surface area contributed by atoms with E-state index in [0.717, 1.165) is 0 Å². The number of primary amides is 1. The third kappa shape index (κ3) is 4.58. The van der Waals surface area contributed by atoms with Crippen molar-refractivity contribution >= 4 is 17.7 Å². The number of benzene rings is 2. The quantitative estimate of drug-likeness (QED) is 0.352. The van der Waals surface area contributed by atoms with Gasteiger partial charge in [-0.2, -0.15) is 5.26 Å². The Hall–Kier alpha value is -3.86. The molecule has 0 unspecified atom stereocenters. The Bertz CT molecular complexity index is 915. The summed E-state index contributed by atoms with van der Waals surface area (Å²) in [5.74, 6) is -0.00779. The summed E-state index contributed by atoms with van der Waals surface area (Å²) < 4.78 is 10.9. The largest absolute Gasteiger partial charge is 0.497 e. The Labute approximate surface area is 149 Å². The summed E-state index contributed by atoms with van der Waals surface area (Å²) >= 11 is 0. The second kappa shape index (κ2) is 8.30. The van der Waals surface area contributed by atoms with Gasteiger partial charge in [-0.25, -0.2) is 0 Å². The lowest BCUT2D eigenvalue weighted by Crippen LogP contribution is -2.12. The van der Waals surface area contributed by atoms with Gasteiger partial charge in [-0.15, -0.1) is 0 Å². The maximum absolute atomic E-state index is 11.3. The lowest BCUT2D eigenvalue weighted by atomic mass is 10.1. The number of carbonyl (C=O) groups excluding carboxylic acids is 1. The molecule has 132 valence electrons. The van der Waals surface area contributed by atoms with E-state index in [9.17, 15) is 14.9 Å². The molecule has 2 aromatic rings. The smallest absolute Gasteiger partial charge is 0.269 e. The lowest BCUT2D eigenvalue weighted by molar-refractivity contribution is -0.384. The van der Waals surface area contributed by atoms with E-state index in [2.05, 4.69) is 0 Å². The number of hydrogen-bond acceptors (Lipinski definition) is 6. The molecule has 0 spiro atoms. The fourth-order valence-electron chi connectivity index (χ4n) is 2.12. The number of nitrogens with two attached hydrogens (primary N) is 1. The number of rotatable bonds is 7. The molecule has 8 nitrogen and oxygen atoms in total. The van der Waals surface area contributed by atoms with Crippen LogP contribution in [0.2, 0.25) is 0 Å². The van der Waals surface area contributed by atoms with Crippen LogP contribution in [0.3, 0.4) is 0 Å². The number of hydrogen-bond donors (Lipinski definition) is 1. The SMILES string of the molecule is COc1ccc(/C=C(\C#N)C(N)=O)c(OCc2cccc([N+](=O)[O-])c2)c1. The minimum Gasteiger partial charge on any atom is -0.497 e. The maximum atomic E-state index is 11.3. The van der Waals surface area contributed by atoms with Crippen LogP contribution in [-0.4, -0.2) is 17.9 Å². The summed E-state index contributed by atoms with van der Waals surface area (Å²) in [5.41, 5.74) is 5.92. The zero-order chi connectivity index (χ0) is 19.1. The predicted octanol–water partition coefficient (Wildman–Crippen LogP) is 2.57. The fraction of sp³-hybridized carbons (Fsp3) is 0.111. The molecule has 2 rings (SSSR count). The third-order valence-electron chi connectivity index (χ3n) is 3.42. The van der Waals surface area contributed by atoms with Gasteiger partial charge in [0.2, 0.25) is 0 Å². The first-order valence-electron chi connectivity index (χ1n) is 7.40. The standard InChI is InChI=1S/C18H15N3O5/c1-25-16-6-5-13(8-14(10-19)18(20)22)17(9-16)26-11-12-3-2-4-15(7-12)21(23)24/h2-9H,11H2,1H3,(H2,20,22)/b14-8+. The molecule has 0 aromatic heterocycles. The molecular weight excluding hydrogens is 338 g/mol. The van der Waals surface area contributed by atoms with E-state index in [1.165, 1.54) is 25.3 Å². The number of amides is 1. The van der Waals surface area contributed by atoms with Crippen LogP contribution >= 0.6 is 0 Å². The zero-order valence-corrected chi connectivity index (χ0v) is 13.8. The molecule has 2 aromatic carbocycles. The average molecular weight is 353 g/mol. The molecule has 0 aliphatic rings. The van der Waals surface area contributed by atoms with Crippen molar-refractivity contribution in [2.45, 2.75) is 6.61 Å². The molecular formula is C18H15N3O5. The molecule has 0 fully saturated rings. The average Bonchev–Trinajstić information content (AvgIpc) is 2.64. The normalized spacial score (nSPS) is 10.7. The monoisotopic (exact) mass is 353 g/mol. The van der Waals surface area contributed by atoms with Crippen LogP contribution in [-0.2, 0) is 11.4 Å². The first kappa shape index (κ1) is 18.5. The summed E-state index contributed by atoms with van der Waals surface area (Å²) in [5, 5.41) is 19.8. The highest BCUT2D eigenvalue weighted by atomic mass is 16.6. The van der Waals surface area contributed by atoms with Gasteiger partial charge in [0.1, 0.15) is 29.7 Å². The van der Waals surface area contributed by atoms with Crippen LogP contribution in [0, 0.1) is 21.4 Å². The van der Waals surface area contributed by atoms with Crippen molar-refractivity contribution in [3.63, 3.8) is 0 Å². The zero-order valence-electron chi connectivity index (χ0n) is 13.8. The van der Waals surface area contributed by atoms with Gasteiger partial charge >= 0.3 is 0 Å². The molecule has 0 saturated heterocycles. The first-order chi connectivity index (χ1) is 12.4. The molecule has 0 heterocycles. The number of nitrogens with zero attached hydrogens (tertiary/aromatic N) is 2. The van der Waals surface area contributed by atoms with Crippen LogP contribution in [0.25, 0.3) is 6.08 Å². The molecule has 8 heteroatoms. The van der Waals surface area contributed by atoms with Gasteiger partial charge in [0, 0.05) is 23.8 Å². The van der Waals surface area contributed by atoms with Crippen LogP contribution < -0.4 is 15.2 Å². The van der Waals surface area contributed by atoms with Crippen LogP contribution in [0.15, 0.2) is 48.0 Å². The highest BCUT2D eigenvalue weighted by molar-refractivity contribution is 6.00. The molecule has 1 amide bonds. The van der Waals surface area contributed by atoms with Gasteiger partial charge in [0.25, 0.3) is 11.6 Å². The molecule has 0 bridgehead atoms. The molecule has 0 saturated carbocycles. The maximum Gasteiger partial charge on any atom is 0.269 e. The van der Waals surface area contributed by atoms with Crippen LogP contribution in [0.4, 0.5) is 5.69 Å². The van der Waals surface area contributed by atoms with Crippen molar-refractivity contribution in [2.75, 3.05) is 7.11 Å². The fourth-order valence-corrected chi connectivity index (χ4v) is 2.12. The van der Waals surface area contributed by atoms with E-state index in [1.807, 2.05) is 0 Å². The third-order valence-corrected chi connectivity index (χ3v) is 3.42. The number of nitro groups is 1. The molecule has 0 radical (unpaired) electrons. The Balaban J connectivity index is 2.32. The molecule has 2 N–H and O–H groups in total. The summed E-state index contributed by atoms with van der Waals surface area (Å²) in [4.78, 5) is 21.6. The summed E-state index contributed by atoms with van der Waals surface area (Å²) in [7, 11) is 1.49. The van der Waals surface area contributed by atoms with E-state index in [4.69, 9.17) is 20.5 Å². The van der Waals surface area contributed by atoms with Crippen LogP contribution in [0.1, 0.15) is 11.1 Å². The Morgan fingerprint density at radius 2 is 2.12 bits per heavy atom. The van der Waals surface area contributed by atoms with Gasteiger partial charge < -0.3 is 15.2 Å². The second-order valence-electron chi connectivity index (χ2n) is 5.15. The van der Waals surface area contributed by atoms with Gasteiger partial charge in [0.15, 0.2) is 0 Å². The van der Waals surface area contributed by atoms with Gasteiger partial charge in [-0.05, 0) is 23.8 Å². The minimum absolute atomic E-state index is 0.0441. The van der Waals surface area contributed by atoms with Crippen LogP contribution in [0.5, 0.6) is 11.5 Å². The van der Waals surface area contributed by atoms with Crippen molar-refractivity contribution < 1.29 is 19.2 Å². The van der Waals surface area contributed by atoms with Crippen molar-refractivity contribution in [3.8, 4) is 17.6 Å². The van der Waals surface area contributed by atoms with Gasteiger partial charge in [-0.3, -0.25) is 14.9 Å². The van der Waals surface area contributed by atoms with Gasteiger partial charge in [0.05, 0.1) is 12.0 Å². The Morgan fingerprint density at radius 1 is 1.35 bits per heavy atom.